The number of carbonyl (C=O) groups is 1. The van der Waals surface area contributed by atoms with Crippen LogP contribution in [0.25, 0.3) is 11.0 Å². The molecule has 0 aliphatic carbocycles. The van der Waals surface area contributed by atoms with Crippen LogP contribution in [0.15, 0.2) is 62.5 Å². The van der Waals surface area contributed by atoms with E-state index < -0.39 is 0 Å². The van der Waals surface area contributed by atoms with E-state index >= 15 is 0 Å². The summed E-state index contributed by atoms with van der Waals surface area (Å²) in [5.74, 6) is 0.335. The summed E-state index contributed by atoms with van der Waals surface area (Å²) in [7, 11) is 0. The Morgan fingerprint density at radius 1 is 1.17 bits per heavy atom. The number of nitrogens with zero attached hydrogens (tertiary/aromatic N) is 1. The van der Waals surface area contributed by atoms with Crippen molar-refractivity contribution in [2.24, 2.45) is 5.10 Å². The first-order valence-electron chi connectivity index (χ1n) is 6.86. The average molecular weight is 373 g/mol. The Labute approximate surface area is 140 Å². The van der Waals surface area contributed by atoms with Crippen LogP contribution in [0.4, 0.5) is 0 Å². The van der Waals surface area contributed by atoms with Crippen LogP contribution in [0.3, 0.4) is 0 Å². The second-order valence-electron chi connectivity index (χ2n) is 4.98. The van der Waals surface area contributed by atoms with Gasteiger partial charge in [0.25, 0.3) is 5.91 Å². The SMILES string of the molecule is C/C(=N/NC(=O)c1ccc(O)cc1)c1cc2cc(Br)ccc2o1. The number of furan rings is 1. The van der Waals surface area contributed by atoms with Gasteiger partial charge in [0.15, 0.2) is 5.76 Å². The molecule has 0 aliphatic heterocycles. The number of benzene rings is 2. The second kappa shape index (κ2) is 6.26. The first kappa shape index (κ1) is 15.3. The number of carbonyl (C=O) groups excluding carboxylic acids is 1. The smallest absolute Gasteiger partial charge is 0.271 e. The lowest BCUT2D eigenvalue weighted by Crippen LogP contribution is -2.19. The summed E-state index contributed by atoms with van der Waals surface area (Å²) in [6, 6.07) is 13.5. The highest BCUT2D eigenvalue weighted by Gasteiger charge is 2.09. The number of fused-ring (bicyclic) bond motifs is 1. The maximum atomic E-state index is 12.0. The molecule has 3 aromatic rings. The molecule has 0 bridgehead atoms. The van der Waals surface area contributed by atoms with Gasteiger partial charge < -0.3 is 9.52 Å². The lowest BCUT2D eigenvalue weighted by Gasteiger charge is -2.01. The van der Waals surface area contributed by atoms with Gasteiger partial charge in [-0.25, -0.2) is 5.43 Å². The zero-order valence-corrected chi connectivity index (χ0v) is 13.8. The van der Waals surface area contributed by atoms with Crippen molar-refractivity contribution in [1.29, 1.82) is 0 Å². The van der Waals surface area contributed by atoms with Crippen molar-refractivity contribution in [2.75, 3.05) is 0 Å². The van der Waals surface area contributed by atoms with Gasteiger partial charge in [-0.3, -0.25) is 4.79 Å². The number of phenols is 1. The third-order valence-electron chi connectivity index (χ3n) is 3.29. The zero-order chi connectivity index (χ0) is 16.4. The van der Waals surface area contributed by atoms with Crippen LogP contribution in [0.2, 0.25) is 0 Å². The molecule has 5 nitrogen and oxygen atoms in total. The van der Waals surface area contributed by atoms with Crippen LogP contribution in [0.5, 0.6) is 5.75 Å². The monoisotopic (exact) mass is 372 g/mol. The Morgan fingerprint density at radius 3 is 2.65 bits per heavy atom. The van der Waals surface area contributed by atoms with E-state index in [1.807, 2.05) is 24.3 Å². The summed E-state index contributed by atoms with van der Waals surface area (Å²) in [6.45, 7) is 1.75. The van der Waals surface area contributed by atoms with Crippen molar-refractivity contribution in [3.63, 3.8) is 0 Å². The van der Waals surface area contributed by atoms with E-state index in [1.165, 1.54) is 24.3 Å². The molecule has 23 heavy (non-hydrogen) atoms. The Kier molecular flexibility index (Phi) is 4.16. The molecule has 0 saturated heterocycles. The number of amides is 1. The summed E-state index contributed by atoms with van der Waals surface area (Å²) in [5, 5.41) is 14.2. The fourth-order valence-corrected chi connectivity index (χ4v) is 2.44. The maximum absolute atomic E-state index is 12.0. The van der Waals surface area contributed by atoms with Gasteiger partial charge in [0, 0.05) is 15.4 Å². The molecule has 3 rings (SSSR count). The number of nitrogens with one attached hydrogen (secondary N) is 1. The molecule has 0 aliphatic rings. The van der Waals surface area contributed by atoms with Gasteiger partial charge in [-0.2, -0.15) is 5.10 Å². The van der Waals surface area contributed by atoms with Gasteiger partial charge in [-0.15, -0.1) is 0 Å². The molecule has 6 heteroatoms. The van der Waals surface area contributed by atoms with Crippen LogP contribution in [0.1, 0.15) is 23.0 Å². The number of phenolic OH excluding ortho intramolecular Hbond substituents is 1. The predicted octanol–water partition coefficient (Wildman–Crippen LogP) is 4.05. The molecule has 0 spiro atoms. The third-order valence-corrected chi connectivity index (χ3v) is 3.78. The summed E-state index contributed by atoms with van der Waals surface area (Å²) in [6.07, 6.45) is 0. The lowest BCUT2D eigenvalue weighted by molar-refractivity contribution is 0.0955. The van der Waals surface area contributed by atoms with Gasteiger partial charge >= 0.3 is 0 Å². The Morgan fingerprint density at radius 2 is 1.91 bits per heavy atom. The first-order chi connectivity index (χ1) is 11.0. The second-order valence-corrected chi connectivity index (χ2v) is 5.89. The molecule has 0 fully saturated rings. The van der Waals surface area contributed by atoms with Gasteiger partial charge in [0.2, 0.25) is 0 Å². The average Bonchev–Trinajstić information content (AvgIpc) is 2.96. The van der Waals surface area contributed by atoms with Crippen LogP contribution in [-0.2, 0) is 0 Å². The van der Waals surface area contributed by atoms with Crippen LogP contribution in [-0.4, -0.2) is 16.7 Å². The topological polar surface area (TPSA) is 74.8 Å². The van der Waals surface area contributed by atoms with E-state index in [4.69, 9.17) is 4.42 Å². The first-order valence-corrected chi connectivity index (χ1v) is 7.65. The lowest BCUT2D eigenvalue weighted by atomic mass is 10.2. The zero-order valence-electron chi connectivity index (χ0n) is 12.2. The molecule has 0 saturated carbocycles. The minimum absolute atomic E-state index is 0.106. The molecular formula is C17H13BrN2O3. The number of rotatable bonds is 3. The molecular weight excluding hydrogens is 360 g/mol. The van der Waals surface area contributed by atoms with Crippen LogP contribution < -0.4 is 5.43 Å². The Bertz CT molecular complexity index is 898. The standard InChI is InChI=1S/C17H13BrN2O3/c1-10(16-9-12-8-13(18)4-7-15(12)23-16)19-20-17(22)11-2-5-14(21)6-3-11/h2-9,21H,1H3,(H,20,22)/b19-10-. The number of hydrazone groups is 1. The van der Waals surface area contributed by atoms with Crippen molar-refractivity contribution in [3.8, 4) is 5.75 Å². The van der Waals surface area contributed by atoms with Crippen molar-refractivity contribution in [2.45, 2.75) is 6.92 Å². The molecule has 0 radical (unpaired) electrons. The summed E-state index contributed by atoms with van der Waals surface area (Å²) < 4.78 is 6.67. The minimum atomic E-state index is -0.358. The summed E-state index contributed by atoms with van der Waals surface area (Å²) in [4.78, 5) is 12.0. The molecule has 1 heterocycles. The van der Waals surface area contributed by atoms with Gasteiger partial charge in [0.05, 0.1) is 0 Å². The number of aromatic hydroxyl groups is 1. The fourth-order valence-electron chi connectivity index (χ4n) is 2.06. The molecule has 0 atom stereocenters. The molecule has 2 aromatic carbocycles. The summed E-state index contributed by atoms with van der Waals surface area (Å²) >= 11 is 3.41. The fraction of sp³-hybridized carbons (Fsp3) is 0.0588. The van der Waals surface area contributed by atoms with Crippen molar-refractivity contribution >= 4 is 38.5 Å². The van der Waals surface area contributed by atoms with Crippen LogP contribution >= 0.6 is 15.9 Å². The summed E-state index contributed by atoms with van der Waals surface area (Å²) in [5.41, 5.74) is 4.19. The highest BCUT2D eigenvalue weighted by atomic mass is 79.9. The molecule has 1 amide bonds. The molecule has 116 valence electrons. The maximum Gasteiger partial charge on any atom is 0.271 e. The van der Waals surface area contributed by atoms with E-state index in [2.05, 4.69) is 26.5 Å². The number of halogens is 1. The molecule has 1 aromatic heterocycles. The largest absolute Gasteiger partial charge is 0.508 e. The quantitative estimate of drug-likeness (QED) is 0.537. The number of hydrogen-bond donors (Lipinski definition) is 2. The van der Waals surface area contributed by atoms with E-state index in [-0.39, 0.29) is 11.7 Å². The van der Waals surface area contributed by atoms with E-state index in [9.17, 15) is 9.90 Å². The predicted molar refractivity (Wildman–Crippen MR) is 91.7 cm³/mol. The molecule has 2 N–H and O–H groups in total. The van der Waals surface area contributed by atoms with Crippen molar-refractivity contribution in [3.05, 3.63) is 64.3 Å². The van der Waals surface area contributed by atoms with E-state index in [0.29, 0.717) is 17.0 Å². The van der Waals surface area contributed by atoms with E-state index in [1.54, 1.807) is 6.92 Å². The van der Waals surface area contributed by atoms with E-state index in [0.717, 1.165) is 15.4 Å². The van der Waals surface area contributed by atoms with Gasteiger partial charge in [0.1, 0.15) is 17.0 Å². The van der Waals surface area contributed by atoms with Gasteiger partial charge in [-0.1, -0.05) is 15.9 Å². The van der Waals surface area contributed by atoms with Gasteiger partial charge in [-0.05, 0) is 55.5 Å². The highest BCUT2D eigenvalue weighted by Crippen LogP contribution is 2.23. The number of hydrogen-bond acceptors (Lipinski definition) is 4. The third kappa shape index (κ3) is 3.43. The Hall–Kier alpha value is -2.60. The van der Waals surface area contributed by atoms with Crippen molar-refractivity contribution < 1.29 is 14.3 Å². The van der Waals surface area contributed by atoms with Crippen molar-refractivity contribution in [1.82, 2.24) is 5.43 Å². The highest BCUT2D eigenvalue weighted by molar-refractivity contribution is 9.10. The Balaban J connectivity index is 1.78. The van der Waals surface area contributed by atoms with Crippen LogP contribution in [0, 0.1) is 0 Å². The normalized spacial score (nSPS) is 11.7. The molecule has 0 unspecified atom stereocenters. The minimum Gasteiger partial charge on any atom is -0.508 e.